The molecule has 0 unspecified atom stereocenters. The summed E-state index contributed by atoms with van der Waals surface area (Å²) < 4.78 is 40.3. The fourth-order valence-corrected chi connectivity index (χ4v) is 2.56. The standard InChI is InChI=1S/C15H16ClF3N2O3/c16-11-2-1-3-12(8-11)20-13(22)10-4-6-21(7-5-10)14(23)24-9-15(17,18)19/h1-3,8,10H,4-7,9H2,(H,20,22). The number of nitrogens with one attached hydrogen (secondary N) is 1. The van der Waals surface area contributed by atoms with E-state index in [4.69, 9.17) is 11.6 Å². The van der Waals surface area contributed by atoms with Crippen molar-refractivity contribution < 1.29 is 27.5 Å². The monoisotopic (exact) mass is 364 g/mol. The quantitative estimate of drug-likeness (QED) is 0.890. The molecule has 1 heterocycles. The molecule has 1 fully saturated rings. The van der Waals surface area contributed by atoms with Crippen LogP contribution in [0.4, 0.5) is 23.7 Å². The zero-order valence-corrected chi connectivity index (χ0v) is 13.4. The van der Waals surface area contributed by atoms with Crippen LogP contribution in [0.1, 0.15) is 12.8 Å². The highest BCUT2D eigenvalue weighted by Crippen LogP contribution is 2.22. The van der Waals surface area contributed by atoms with E-state index in [1.165, 1.54) is 4.90 Å². The number of ether oxygens (including phenoxy) is 1. The van der Waals surface area contributed by atoms with E-state index in [-0.39, 0.29) is 24.9 Å². The van der Waals surface area contributed by atoms with Crippen LogP contribution in [0.3, 0.4) is 0 Å². The van der Waals surface area contributed by atoms with Gasteiger partial charge in [0.15, 0.2) is 6.61 Å². The van der Waals surface area contributed by atoms with E-state index >= 15 is 0 Å². The van der Waals surface area contributed by atoms with Crippen LogP contribution in [-0.4, -0.2) is 42.8 Å². The van der Waals surface area contributed by atoms with Crippen molar-refractivity contribution in [3.8, 4) is 0 Å². The molecule has 1 N–H and O–H groups in total. The number of rotatable bonds is 3. The highest BCUT2D eigenvalue weighted by molar-refractivity contribution is 6.30. The highest BCUT2D eigenvalue weighted by Gasteiger charge is 2.32. The zero-order valence-electron chi connectivity index (χ0n) is 12.6. The summed E-state index contributed by atoms with van der Waals surface area (Å²) in [5, 5.41) is 3.23. The lowest BCUT2D eigenvalue weighted by atomic mass is 9.96. The SMILES string of the molecule is O=C(Nc1cccc(Cl)c1)C1CCN(C(=O)OCC(F)(F)F)CC1. The van der Waals surface area contributed by atoms with Crippen LogP contribution < -0.4 is 5.32 Å². The van der Waals surface area contributed by atoms with E-state index in [1.54, 1.807) is 24.3 Å². The van der Waals surface area contributed by atoms with Crippen molar-refractivity contribution in [1.29, 1.82) is 0 Å². The Morgan fingerprint density at radius 1 is 1.29 bits per heavy atom. The number of nitrogens with zero attached hydrogens (tertiary/aromatic N) is 1. The van der Waals surface area contributed by atoms with Gasteiger partial charge < -0.3 is 15.0 Å². The molecule has 0 aromatic heterocycles. The van der Waals surface area contributed by atoms with Crippen molar-refractivity contribution in [1.82, 2.24) is 4.90 Å². The number of carbonyl (C=O) groups excluding carboxylic acids is 2. The van der Waals surface area contributed by atoms with Crippen molar-refractivity contribution >= 4 is 29.3 Å². The number of benzene rings is 1. The molecule has 1 aromatic rings. The Bertz CT molecular complexity index is 602. The maximum atomic E-state index is 12.2. The number of hydrogen-bond acceptors (Lipinski definition) is 3. The van der Waals surface area contributed by atoms with Gasteiger partial charge in [0, 0.05) is 29.7 Å². The number of halogens is 4. The molecular formula is C15H16ClF3N2O3. The minimum absolute atomic E-state index is 0.171. The van der Waals surface area contributed by atoms with E-state index in [9.17, 15) is 22.8 Å². The topological polar surface area (TPSA) is 58.6 Å². The van der Waals surface area contributed by atoms with Crippen LogP contribution in [0.5, 0.6) is 0 Å². The molecule has 1 saturated heterocycles. The number of likely N-dealkylation sites (tertiary alicyclic amines) is 1. The number of amides is 2. The third-order valence-electron chi connectivity index (χ3n) is 3.58. The van der Waals surface area contributed by atoms with Crippen molar-refractivity contribution in [2.75, 3.05) is 25.0 Å². The average Bonchev–Trinajstić information content (AvgIpc) is 2.52. The van der Waals surface area contributed by atoms with Crippen LogP contribution in [0, 0.1) is 5.92 Å². The molecule has 1 aromatic carbocycles. The van der Waals surface area contributed by atoms with Gasteiger partial charge >= 0.3 is 12.3 Å². The molecule has 1 aliphatic rings. The van der Waals surface area contributed by atoms with Gasteiger partial charge in [0.05, 0.1) is 0 Å². The summed E-state index contributed by atoms with van der Waals surface area (Å²) >= 11 is 5.84. The molecule has 1 aliphatic heterocycles. The Balaban J connectivity index is 1.79. The van der Waals surface area contributed by atoms with E-state index < -0.39 is 18.9 Å². The normalized spacial score (nSPS) is 15.9. The summed E-state index contributed by atoms with van der Waals surface area (Å²) in [5.74, 6) is -0.531. The molecule has 0 bridgehead atoms. The van der Waals surface area contributed by atoms with Gasteiger partial charge in [-0.1, -0.05) is 17.7 Å². The van der Waals surface area contributed by atoms with Gasteiger partial charge in [-0.05, 0) is 31.0 Å². The lowest BCUT2D eigenvalue weighted by Crippen LogP contribution is -2.42. The predicted octanol–water partition coefficient (Wildman–Crippen LogP) is 3.69. The number of anilines is 1. The average molecular weight is 365 g/mol. The van der Waals surface area contributed by atoms with E-state index in [0.717, 1.165) is 0 Å². The summed E-state index contributed by atoms with van der Waals surface area (Å²) in [4.78, 5) is 24.9. The smallest absolute Gasteiger partial charge is 0.422 e. The fraction of sp³-hybridized carbons (Fsp3) is 0.467. The summed E-state index contributed by atoms with van der Waals surface area (Å²) in [5.41, 5.74) is 0.569. The van der Waals surface area contributed by atoms with Crippen molar-refractivity contribution in [3.05, 3.63) is 29.3 Å². The minimum atomic E-state index is -4.55. The first-order valence-corrected chi connectivity index (χ1v) is 7.67. The second-order valence-electron chi connectivity index (χ2n) is 5.43. The lowest BCUT2D eigenvalue weighted by molar-refractivity contribution is -0.162. The largest absolute Gasteiger partial charge is 0.440 e. The van der Waals surface area contributed by atoms with Gasteiger partial charge in [0.25, 0.3) is 0 Å². The van der Waals surface area contributed by atoms with E-state index in [1.807, 2.05) is 0 Å². The summed E-state index contributed by atoms with van der Waals surface area (Å²) in [6, 6.07) is 6.70. The first-order valence-electron chi connectivity index (χ1n) is 7.29. The Hall–Kier alpha value is -1.96. The Morgan fingerprint density at radius 3 is 2.54 bits per heavy atom. The first-order chi connectivity index (χ1) is 11.2. The molecule has 2 amide bonds. The van der Waals surface area contributed by atoms with Gasteiger partial charge in [0.1, 0.15) is 0 Å². The molecule has 0 radical (unpaired) electrons. The van der Waals surface area contributed by atoms with Gasteiger partial charge in [-0.15, -0.1) is 0 Å². The molecule has 0 atom stereocenters. The number of alkyl halides is 3. The molecule has 2 rings (SSSR count). The van der Waals surface area contributed by atoms with Crippen LogP contribution in [-0.2, 0) is 9.53 Å². The molecular weight excluding hydrogens is 349 g/mol. The molecule has 0 aliphatic carbocycles. The number of piperidine rings is 1. The fourth-order valence-electron chi connectivity index (χ4n) is 2.37. The molecule has 5 nitrogen and oxygen atoms in total. The Kier molecular flexibility index (Phi) is 5.93. The number of carbonyl (C=O) groups is 2. The summed E-state index contributed by atoms with van der Waals surface area (Å²) in [6.45, 7) is -1.27. The van der Waals surface area contributed by atoms with Gasteiger partial charge in [-0.2, -0.15) is 13.2 Å². The Labute approximate surface area is 141 Å². The highest BCUT2D eigenvalue weighted by atomic mass is 35.5. The van der Waals surface area contributed by atoms with Gasteiger partial charge in [-0.25, -0.2) is 4.79 Å². The molecule has 24 heavy (non-hydrogen) atoms. The van der Waals surface area contributed by atoms with Crippen LogP contribution in [0.25, 0.3) is 0 Å². The summed E-state index contributed by atoms with van der Waals surface area (Å²) in [7, 11) is 0. The van der Waals surface area contributed by atoms with Gasteiger partial charge in [0.2, 0.25) is 5.91 Å². The zero-order chi connectivity index (χ0) is 17.7. The van der Waals surface area contributed by atoms with Crippen LogP contribution >= 0.6 is 11.6 Å². The first kappa shape index (κ1) is 18.4. The second kappa shape index (κ2) is 7.74. The number of hydrogen-bond donors (Lipinski definition) is 1. The van der Waals surface area contributed by atoms with Gasteiger partial charge in [-0.3, -0.25) is 4.79 Å². The maximum Gasteiger partial charge on any atom is 0.422 e. The van der Waals surface area contributed by atoms with Crippen molar-refractivity contribution in [2.45, 2.75) is 19.0 Å². The molecule has 9 heteroatoms. The van der Waals surface area contributed by atoms with E-state index in [0.29, 0.717) is 23.6 Å². The Morgan fingerprint density at radius 2 is 1.96 bits per heavy atom. The van der Waals surface area contributed by atoms with Crippen molar-refractivity contribution in [2.24, 2.45) is 5.92 Å². The third kappa shape index (κ3) is 5.59. The van der Waals surface area contributed by atoms with Crippen LogP contribution in [0.15, 0.2) is 24.3 Å². The van der Waals surface area contributed by atoms with E-state index in [2.05, 4.69) is 10.1 Å². The maximum absolute atomic E-state index is 12.2. The molecule has 0 saturated carbocycles. The second-order valence-corrected chi connectivity index (χ2v) is 5.87. The van der Waals surface area contributed by atoms with Crippen LogP contribution in [0.2, 0.25) is 5.02 Å². The predicted molar refractivity (Wildman–Crippen MR) is 81.8 cm³/mol. The molecule has 132 valence electrons. The lowest BCUT2D eigenvalue weighted by Gasteiger charge is -2.30. The summed E-state index contributed by atoms with van der Waals surface area (Å²) in [6.07, 6.45) is -4.85. The van der Waals surface area contributed by atoms with Crippen molar-refractivity contribution in [3.63, 3.8) is 0 Å². The minimum Gasteiger partial charge on any atom is -0.440 e. The third-order valence-corrected chi connectivity index (χ3v) is 3.81. The molecule has 0 spiro atoms.